The molecule has 0 aromatic rings. The van der Waals surface area contributed by atoms with E-state index < -0.39 is 0 Å². The lowest BCUT2D eigenvalue weighted by atomic mass is 9.89. The van der Waals surface area contributed by atoms with Crippen LogP contribution in [-0.4, -0.2) is 5.78 Å². The first-order chi connectivity index (χ1) is 6.71. The molecule has 76 valence electrons. The summed E-state index contributed by atoms with van der Waals surface area (Å²) in [5.41, 5.74) is 0.351. The first-order valence-corrected chi connectivity index (χ1v) is 5.46. The van der Waals surface area contributed by atoms with Crippen molar-refractivity contribution in [3.05, 3.63) is 25.3 Å². The van der Waals surface area contributed by atoms with Crippen LogP contribution < -0.4 is 0 Å². The van der Waals surface area contributed by atoms with Crippen LogP contribution in [0, 0.1) is 10.8 Å². The SMILES string of the molecule is C=CCC[C@@]12CCC(=O)[C@]1(CC=C)C2. The molecule has 0 spiro atoms. The molecule has 1 nitrogen and oxygen atoms in total. The van der Waals surface area contributed by atoms with Gasteiger partial charge in [-0.2, -0.15) is 0 Å². The average molecular weight is 190 g/mol. The highest BCUT2D eigenvalue weighted by Crippen LogP contribution is 2.75. The molecule has 0 unspecified atom stereocenters. The summed E-state index contributed by atoms with van der Waals surface area (Å²) < 4.78 is 0. The Kier molecular flexibility index (Phi) is 2.13. The first kappa shape index (κ1) is 9.70. The second-order valence-electron chi connectivity index (χ2n) is 4.78. The minimum absolute atomic E-state index is 0.0117. The molecular formula is C13H18O. The van der Waals surface area contributed by atoms with Gasteiger partial charge in [-0.25, -0.2) is 0 Å². The van der Waals surface area contributed by atoms with E-state index in [4.69, 9.17) is 0 Å². The molecule has 2 aliphatic carbocycles. The smallest absolute Gasteiger partial charge is 0.139 e. The van der Waals surface area contributed by atoms with Gasteiger partial charge in [-0.15, -0.1) is 13.2 Å². The van der Waals surface area contributed by atoms with Gasteiger partial charge < -0.3 is 0 Å². The van der Waals surface area contributed by atoms with Crippen molar-refractivity contribution < 1.29 is 4.79 Å². The zero-order valence-electron chi connectivity index (χ0n) is 8.72. The number of carbonyl (C=O) groups excluding carboxylic acids is 1. The van der Waals surface area contributed by atoms with Gasteiger partial charge in [-0.05, 0) is 37.5 Å². The van der Waals surface area contributed by atoms with E-state index in [9.17, 15) is 4.79 Å². The van der Waals surface area contributed by atoms with Gasteiger partial charge in [0.1, 0.15) is 5.78 Å². The third kappa shape index (κ3) is 1.05. The van der Waals surface area contributed by atoms with Crippen molar-refractivity contribution in [1.82, 2.24) is 0 Å². The molecule has 2 fully saturated rings. The monoisotopic (exact) mass is 190 g/mol. The van der Waals surface area contributed by atoms with Crippen LogP contribution in [0.5, 0.6) is 0 Å². The second kappa shape index (κ2) is 3.08. The van der Waals surface area contributed by atoms with Gasteiger partial charge in [0.15, 0.2) is 0 Å². The topological polar surface area (TPSA) is 17.1 Å². The molecule has 2 aliphatic rings. The molecule has 0 amide bonds. The van der Waals surface area contributed by atoms with Crippen molar-refractivity contribution in [2.45, 2.75) is 38.5 Å². The van der Waals surface area contributed by atoms with Gasteiger partial charge in [0.05, 0.1) is 0 Å². The Bertz CT molecular complexity index is 288. The quantitative estimate of drug-likeness (QED) is 0.608. The number of hydrogen-bond acceptors (Lipinski definition) is 1. The zero-order valence-corrected chi connectivity index (χ0v) is 8.72. The van der Waals surface area contributed by atoms with Crippen LogP contribution >= 0.6 is 0 Å². The van der Waals surface area contributed by atoms with Crippen molar-refractivity contribution in [3.8, 4) is 0 Å². The predicted octanol–water partition coefficient (Wildman–Crippen LogP) is 3.27. The van der Waals surface area contributed by atoms with E-state index in [1.165, 1.54) is 0 Å². The average Bonchev–Trinajstić information content (AvgIpc) is 2.75. The Morgan fingerprint density at radius 1 is 1.36 bits per heavy atom. The van der Waals surface area contributed by atoms with E-state index in [1.807, 2.05) is 12.2 Å². The van der Waals surface area contributed by atoms with Crippen LogP contribution in [0.15, 0.2) is 25.3 Å². The van der Waals surface area contributed by atoms with E-state index in [-0.39, 0.29) is 5.41 Å². The number of fused-ring (bicyclic) bond motifs is 1. The Balaban J connectivity index is 2.12. The molecule has 0 aromatic heterocycles. The fourth-order valence-electron chi connectivity index (χ4n) is 3.33. The van der Waals surface area contributed by atoms with Gasteiger partial charge in [0.25, 0.3) is 0 Å². The summed E-state index contributed by atoms with van der Waals surface area (Å²) in [6.45, 7) is 7.52. The molecule has 0 aromatic carbocycles. The summed E-state index contributed by atoms with van der Waals surface area (Å²) >= 11 is 0. The molecule has 2 saturated carbocycles. The molecule has 0 heterocycles. The van der Waals surface area contributed by atoms with E-state index in [2.05, 4.69) is 13.2 Å². The van der Waals surface area contributed by atoms with Gasteiger partial charge in [0, 0.05) is 11.8 Å². The second-order valence-corrected chi connectivity index (χ2v) is 4.78. The lowest BCUT2D eigenvalue weighted by Crippen LogP contribution is -2.14. The van der Waals surface area contributed by atoms with E-state index in [0.29, 0.717) is 11.2 Å². The minimum atomic E-state index is 0.0117. The lowest BCUT2D eigenvalue weighted by molar-refractivity contribution is -0.122. The first-order valence-electron chi connectivity index (χ1n) is 5.46. The molecule has 14 heavy (non-hydrogen) atoms. The molecule has 0 radical (unpaired) electrons. The Labute approximate surface area is 85.9 Å². The van der Waals surface area contributed by atoms with Crippen LogP contribution in [0.4, 0.5) is 0 Å². The predicted molar refractivity (Wildman–Crippen MR) is 58.0 cm³/mol. The lowest BCUT2D eigenvalue weighted by Gasteiger charge is -2.14. The van der Waals surface area contributed by atoms with Crippen LogP contribution in [-0.2, 0) is 4.79 Å². The molecular weight excluding hydrogens is 172 g/mol. The van der Waals surface area contributed by atoms with Crippen molar-refractivity contribution in [2.24, 2.45) is 10.8 Å². The number of hydrogen-bond donors (Lipinski definition) is 0. The third-order valence-corrected chi connectivity index (χ3v) is 4.21. The number of Topliss-reactive ketones (excluding diaryl/α,β-unsaturated/α-hetero) is 1. The van der Waals surface area contributed by atoms with E-state index >= 15 is 0 Å². The van der Waals surface area contributed by atoms with Crippen molar-refractivity contribution in [2.75, 3.05) is 0 Å². The summed E-state index contributed by atoms with van der Waals surface area (Å²) in [4.78, 5) is 11.8. The molecule has 1 heteroatoms. The van der Waals surface area contributed by atoms with Crippen molar-refractivity contribution in [3.63, 3.8) is 0 Å². The maximum atomic E-state index is 11.8. The highest BCUT2D eigenvalue weighted by Gasteiger charge is 2.72. The Morgan fingerprint density at radius 3 is 2.79 bits per heavy atom. The van der Waals surface area contributed by atoms with Gasteiger partial charge >= 0.3 is 0 Å². The van der Waals surface area contributed by atoms with E-state index in [1.54, 1.807) is 0 Å². The fraction of sp³-hybridized carbons (Fsp3) is 0.615. The standard InChI is InChI=1S/C13H18O/c1-3-5-8-12-9-6-11(14)13(12,10-12)7-4-2/h3-4H,1-2,5-10H2/t12-,13-/m0/s1. The van der Waals surface area contributed by atoms with Gasteiger partial charge in [-0.3, -0.25) is 4.79 Å². The molecule has 2 rings (SSSR count). The summed E-state index contributed by atoms with van der Waals surface area (Å²) in [5, 5.41) is 0. The van der Waals surface area contributed by atoms with Crippen LogP contribution in [0.1, 0.15) is 38.5 Å². The highest BCUT2D eigenvalue weighted by molar-refractivity contribution is 5.92. The molecule has 0 N–H and O–H groups in total. The highest BCUT2D eigenvalue weighted by atomic mass is 16.1. The number of allylic oxidation sites excluding steroid dienone is 2. The van der Waals surface area contributed by atoms with Crippen LogP contribution in [0.2, 0.25) is 0 Å². The molecule has 0 bridgehead atoms. The zero-order chi connectivity index (χ0) is 10.2. The third-order valence-electron chi connectivity index (χ3n) is 4.21. The van der Waals surface area contributed by atoms with Crippen LogP contribution in [0.3, 0.4) is 0 Å². The minimum Gasteiger partial charge on any atom is -0.299 e. The van der Waals surface area contributed by atoms with E-state index in [0.717, 1.165) is 38.5 Å². The van der Waals surface area contributed by atoms with Crippen LogP contribution in [0.25, 0.3) is 0 Å². The number of rotatable bonds is 5. The maximum absolute atomic E-state index is 11.8. The van der Waals surface area contributed by atoms with Gasteiger partial charge in [0.2, 0.25) is 0 Å². The van der Waals surface area contributed by atoms with Crippen molar-refractivity contribution in [1.29, 1.82) is 0 Å². The van der Waals surface area contributed by atoms with Crippen molar-refractivity contribution >= 4 is 5.78 Å². The fourth-order valence-corrected chi connectivity index (χ4v) is 3.33. The molecule has 2 atom stereocenters. The summed E-state index contributed by atoms with van der Waals surface area (Å²) in [7, 11) is 0. The summed E-state index contributed by atoms with van der Waals surface area (Å²) in [6.07, 6.45) is 9.98. The molecule has 0 aliphatic heterocycles. The number of ketones is 1. The van der Waals surface area contributed by atoms with Gasteiger partial charge in [-0.1, -0.05) is 12.2 Å². The number of carbonyl (C=O) groups is 1. The molecule has 0 saturated heterocycles. The Morgan fingerprint density at radius 2 is 2.14 bits per heavy atom. The summed E-state index contributed by atoms with van der Waals surface area (Å²) in [6, 6.07) is 0. The normalized spacial score (nSPS) is 39.3. The maximum Gasteiger partial charge on any atom is 0.139 e. The Hall–Kier alpha value is -0.850. The largest absolute Gasteiger partial charge is 0.299 e. The summed E-state index contributed by atoms with van der Waals surface area (Å²) in [5.74, 6) is 0.487.